The zero-order valence-corrected chi connectivity index (χ0v) is 10.6. The van der Waals surface area contributed by atoms with Gasteiger partial charge in [-0.2, -0.15) is 0 Å². The number of amides is 1. The molecule has 0 aromatic heterocycles. The van der Waals surface area contributed by atoms with Crippen molar-refractivity contribution in [3.63, 3.8) is 0 Å². The zero-order chi connectivity index (χ0) is 11.5. The highest BCUT2D eigenvalue weighted by molar-refractivity contribution is 9.10. The van der Waals surface area contributed by atoms with E-state index in [0.717, 1.165) is 36.0 Å². The van der Waals surface area contributed by atoms with E-state index in [9.17, 15) is 4.79 Å². The molecule has 1 aliphatic rings. The van der Waals surface area contributed by atoms with Crippen LogP contribution >= 0.6 is 15.9 Å². The highest BCUT2D eigenvalue weighted by Gasteiger charge is 2.24. The van der Waals surface area contributed by atoms with Gasteiger partial charge in [-0.15, -0.1) is 0 Å². The van der Waals surface area contributed by atoms with Gasteiger partial charge in [0, 0.05) is 17.6 Å². The Bertz CT molecular complexity index is 371. The zero-order valence-electron chi connectivity index (χ0n) is 9.03. The Balaban J connectivity index is 2.08. The lowest BCUT2D eigenvalue weighted by atomic mass is 10.1. The van der Waals surface area contributed by atoms with Gasteiger partial charge in [-0.3, -0.25) is 4.79 Å². The smallest absolute Gasteiger partial charge is 0.244 e. The topological polar surface area (TPSA) is 46.3 Å². The summed E-state index contributed by atoms with van der Waals surface area (Å²) in [6.45, 7) is 1.70. The molecule has 0 aliphatic carbocycles. The van der Waals surface area contributed by atoms with Gasteiger partial charge in [-0.1, -0.05) is 28.1 Å². The van der Waals surface area contributed by atoms with Crippen molar-refractivity contribution in [1.82, 2.24) is 4.90 Å². The van der Waals surface area contributed by atoms with Crippen molar-refractivity contribution in [3.8, 4) is 0 Å². The second-order valence-corrected chi connectivity index (χ2v) is 4.98. The second-order valence-electron chi connectivity index (χ2n) is 4.06. The van der Waals surface area contributed by atoms with Crippen molar-refractivity contribution < 1.29 is 4.79 Å². The molecular formula is C12H15BrN2O. The largest absolute Gasteiger partial charge is 0.341 e. The maximum absolute atomic E-state index is 12.0. The molecule has 2 rings (SSSR count). The average Bonchev–Trinajstić information content (AvgIpc) is 2.81. The Labute approximate surface area is 104 Å². The van der Waals surface area contributed by atoms with Crippen LogP contribution in [0.15, 0.2) is 28.7 Å². The molecule has 1 aromatic rings. The number of nitrogens with zero attached hydrogens (tertiary/aromatic N) is 1. The molecule has 1 amide bonds. The van der Waals surface area contributed by atoms with Crippen molar-refractivity contribution in [1.29, 1.82) is 0 Å². The van der Waals surface area contributed by atoms with Gasteiger partial charge >= 0.3 is 0 Å². The number of hydrogen-bond acceptors (Lipinski definition) is 2. The SMILES string of the molecule is NC(C(=O)N1CCCC1)c1ccc(Br)cc1. The minimum absolute atomic E-state index is 0.0415. The molecule has 0 bridgehead atoms. The minimum atomic E-state index is -0.522. The molecule has 1 atom stereocenters. The van der Waals surface area contributed by atoms with Crippen LogP contribution in [0, 0.1) is 0 Å². The lowest BCUT2D eigenvalue weighted by Gasteiger charge is -2.20. The first-order valence-corrected chi connectivity index (χ1v) is 6.27. The molecule has 1 saturated heterocycles. The van der Waals surface area contributed by atoms with Crippen molar-refractivity contribution >= 4 is 21.8 Å². The predicted octanol–water partition coefficient (Wildman–Crippen LogP) is 2.07. The third-order valence-corrected chi connectivity index (χ3v) is 3.44. The van der Waals surface area contributed by atoms with Crippen molar-refractivity contribution in [2.24, 2.45) is 5.73 Å². The van der Waals surface area contributed by atoms with E-state index in [4.69, 9.17) is 5.73 Å². The standard InChI is InChI=1S/C12H15BrN2O/c13-10-5-3-9(4-6-10)11(14)12(16)15-7-1-2-8-15/h3-6,11H,1-2,7-8,14H2. The van der Waals surface area contributed by atoms with Gasteiger partial charge in [-0.25, -0.2) is 0 Å². The highest BCUT2D eigenvalue weighted by Crippen LogP contribution is 2.19. The van der Waals surface area contributed by atoms with Gasteiger partial charge in [0.1, 0.15) is 6.04 Å². The summed E-state index contributed by atoms with van der Waals surface area (Å²) in [7, 11) is 0. The summed E-state index contributed by atoms with van der Waals surface area (Å²) in [6.07, 6.45) is 2.19. The summed E-state index contributed by atoms with van der Waals surface area (Å²) in [5.74, 6) is 0.0415. The molecule has 1 aliphatic heterocycles. The Morgan fingerprint density at radius 3 is 2.38 bits per heavy atom. The van der Waals surface area contributed by atoms with E-state index in [1.165, 1.54) is 0 Å². The summed E-state index contributed by atoms with van der Waals surface area (Å²) in [5, 5.41) is 0. The normalized spacial score (nSPS) is 17.5. The summed E-state index contributed by atoms with van der Waals surface area (Å²) in [4.78, 5) is 13.9. The molecule has 16 heavy (non-hydrogen) atoms. The molecule has 0 radical (unpaired) electrons. The van der Waals surface area contributed by atoms with Gasteiger partial charge < -0.3 is 10.6 Å². The maximum atomic E-state index is 12.0. The number of likely N-dealkylation sites (tertiary alicyclic amines) is 1. The molecule has 0 saturated carbocycles. The number of hydrogen-bond donors (Lipinski definition) is 1. The molecule has 1 fully saturated rings. The molecular weight excluding hydrogens is 268 g/mol. The molecule has 0 spiro atoms. The lowest BCUT2D eigenvalue weighted by molar-refractivity contribution is -0.131. The molecule has 4 heteroatoms. The number of carbonyl (C=O) groups excluding carboxylic acids is 1. The summed E-state index contributed by atoms with van der Waals surface area (Å²) in [5.41, 5.74) is 6.84. The highest BCUT2D eigenvalue weighted by atomic mass is 79.9. The van der Waals surface area contributed by atoms with E-state index in [0.29, 0.717) is 0 Å². The third-order valence-electron chi connectivity index (χ3n) is 2.91. The number of carbonyl (C=O) groups is 1. The van der Waals surface area contributed by atoms with E-state index in [2.05, 4.69) is 15.9 Å². The first-order chi connectivity index (χ1) is 7.68. The molecule has 1 heterocycles. The number of nitrogens with two attached hydrogens (primary N) is 1. The maximum Gasteiger partial charge on any atom is 0.244 e. The molecule has 1 unspecified atom stereocenters. The number of benzene rings is 1. The van der Waals surface area contributed by atoms with Gasteiger partial charge in [0.05, 0.1) is 0 Å². The summed E-state index contributed by atoms with van der Waals surface area (Å²) < 4.78 is 0.997. The summed E-state index contributed by atoms with van der Waals surface area (Å²) in [6, 6.07) is 7.08. The van der Waals surface area contributed by atoms with Crippen LogP contribution in [0.3, 0.4) is 0 Å². The molecule has 2 N–H and O–H groups in total. The quantitative estimate of drug-likeness (QED) is 0.903. The van der Waals surface area contributed by atoms with E-state index in [-0.39, 0.29) is 5.91 Å². The minimum Gasteiger partial charge on any atom is -0.341 e. The fourth-order valence-electron chi connectivity index (χ4n) is 1.95. The molecule has 1 aromatic carbocycles. The predicted molar refractivity (Wildman–Crippen MR) is 66.9 cm³/mol. The van der Waals surface area contributed by atoms with E-state index >= 15 is 0 Å². The molecule has 3 nitrogen and oxygen atoms in total. The van der Waals surface area contributed by atoms with Crippen LogP contribution in [0.25, 0.3) is 0 Å². The number of rotatable bonds is 2. The Kier molecular flexibility index (Phi) is 3.61. The van der Waals surface area contributed by atoms with E-state index in [1.54, 1.807) is 0 Å². The monoisotopic (exact) mass is 282 g/mol. The average molecular weight is 283 g/mol. The van der Waals surface area contributed by atoms with Crippen molar-refractivity contribution in [2.75, 3.05) is 13.1 Å². The van der Waals surface area contributed by atoms with E-state index in [1.807, 2.05) is 29.2 Å². The first-order valence-electron chi connectivity index (χ1n) is 5.48. The Morgan fingerprint density at radius 1 is 1.25 bits per heavy atom. The fraction of sp³-hybridized carbons (Fsp3) is 0.417. The van der Waals surface area contributed by atoms with Gasteiger partial charge in [0.15, 0.2) is 0 Å². The summed E-state index contributed by atoms with van der Waals surface area (Å²) >= 11 is 3.36. The van der Waals surface area contributed by atoms with Gasteiger partial charge in [0.2, 0.25) is 5.91 Å². The van der Waals surface area contributed by atoms with Crippen LogP contribution in [0.5, 0.6) is 0 Å². The van der Waals surface area contributed by atoms with Gasteiger partial charge in [0.25, 0.3) is 0 Å². The third kappa shape index (κ3) is 2.44. The van der Waals surface area contributed by atoms with Crippen LogP contribution in [0.1, 0.15) is 24.4 Å². The molecule has 86 valence electrons. The Morgan fingerprint density at radius 2 is 1.81 bits per heavy atom. The fourth-order valence-corrected chi connectivity index (χ4v) is 2.21. The van der Waals surface area contributed by atoms with Crippen LogP contribution < -0.4 is 5.73 Å². The second kappa shape index (κ2) is 4.97. The van der Waals surface area contributed by atoms with Crippen LogP contribution in [0.2, 0.25) is 0 Å². The van der Waals surface area contributed by atoms with Crippen molar-refractivity contribution in [2.45, 2.75) is 18.9 Å². The van der Waals surface area contributed by atoms with Crippen LogP contribution in [-0.4, -0.2) is 23.9 Å². The van der Waals surface area contributed by atoms with Crippen molar-refractivity contribution in [3.05, 3.63) is 34.3 Å². The van der Waals surface area contributed by atoms with E-state index < -0.39 is 6.04 Å². The van der Waals surface area contributed by atoms with Gasteiger partial charge in [-0.05, 0) is 30.5 Å². The van der Waals surface area contributed by atoms with Crippen LogP contribution in [-0.2, 0) is 4.79 Å². The Hall–Kier alpha value is -0.870. The first kappa shape index (κ1) is 11.6. The van der Waals surface area contributed by atoms with Crippen LogP contribution in [0.4, 0.5) is 0 Å². The number of halogens is 1. The lowest BCUT2D eigenvalue weighted by Crippen LogP contribution is -2.36.